The molecule has 0 aliphatic carbocycles. The van der Waals surface area contributed by atoms with Crippen LogP contribution in [-0.4, -0.2) is 34.2 Å². The summed E-state index contributed by atoms with van der Waals surface area (Å²) in [6.45, 7) is 2.94. The van der Waals surface area contributed by atoms with Crippen molar-refractivity contribution in [3.05, 3.63) is 63.1 Å². The third-order valence-corrected chi connectivity index (χ3v) is 6.02. The number of sulfone groups is 1. The molecule has 5 nitrogen and oxygen atoms in total. The number of nitrogens with zero attached hydrogens (tertiary/aromatic N) is 1. The van der Waals surface area contributed by atoms with Gasteiger partial charge in [0.2, 0.25) is 0 Å². The summed E-state index contributed by atoms with van der Waals surface area (Å²) in [5.41, 5.74) is 2.60. The second-order valence-electron chi connectivity index (χ2n) is 6.17. The molecular formula is C19H24Cl2IN3O2S. The van der Waals surface area contributed by atoms with Crippen LogP contribution in [0.2, 0.25) is 10.0 Å². The smallest absolute Gasteiger partial charge is 0.191 e. The highest BCUT2D eigenvalue weighted by atomic mass is 127. The first kappa shape index (κ1) is 25.0. The lowest BCUT2D eigenvalue weighted by Gasteiger charge is -2.14. The van der Waals surface area contributed by atoms with E-state index >= 15 is 0 Å². The molecule has 0 fully saturated rings. The lowest BCUT2D eigenvalue weighted by Crippen LogP contribution is -2.37. The number of hydrogen-bond acceptors (Lipinski definition) is 3. The minimum absolute atomic E-state index is 0. The van der Waals surface area contributed by atoms with Crippen LogP contribution in [0.4, 0.5) is 0 Å². The minimum atomic E-state index is -3.21. The molecule has 2 N–H and O–H groups in total. The molecule has 0 radical (unpaired) electrons. The Morgan fingerprint density at radius 3 is 2.29 bits per heavy atom. The van der Waals surface area contributed by atoms with E-state index in [0.717, 1.165) is 16.7 Å². The molecule has 0 saturated heterocycles. The summed E-state index contributed by atoms with van der Waals surface area (Å²) < 4.78 is 23.4. The van der Waals surface area contributed by atoms with Gasteiger partial charge in [-0.2, -0.15) is 0 Å². The average Bonchev–Trinajstić information content (AvgIpc) is 2.59. The van der Waals surface area contributed by atoms with E-state index in [1.807, 2.05) is 24.3 Å². The molecule has 154 valence electrons. The van der Waals surface area contributed by atoms with Crippen molar-refractivity contribution in [2.75, 3.05) is 19.8 Å². The van der Waals surface area contributed by atoms with Gasteiger partial charge in [-0.25, -0.2) is 8.42 Å². The van der Waals surface area contributed by atoms with Crippen LogP contribution in [0.15, 0.2) is 46.3 Å². The van der Waals surface area contributed by atoms with Gasteiger partial charge in [0.1, 0.15) is 0 Å². The third-order valence-electron chi connectivity index (χ3n) is 4.05. The summed E-state index contributed by atoms with van der Waals surface area (Å²) in [5.74, 6) is 0.642. The van der Waals surface area contributed by atoms with Crippen LogP contribution in [0.5, 0.6) is 0 Å². The molecule has 2 aromatic carbocycles. The van der Waals surface area contributed by atoms with Gasteiger partial charge >= 0.3 is 0 Å². The fraction of sp³-hybridized carbons (Fsp3) is 0.316. The highest BCUT2D eigenvalue weighted by molar-refractivity contribution is 14.0. The number of benzene rings is 2. The standard InChI is InChI=1S/C19H23Cl2N3O2S.HI/c1-13-11-14(7-8-18(13)27(3,25)26)12-24-19(22-2)23-10-9-15-16(20)5-4-6-17(15)21;/h4-8,11H,9-10,12H2,1-3H3,(H2,22,23,24);1H. The monoisotopic (exact) mass is 555 g/mol. The van der Waals surface area contributed by atoms with Crippen LogP contribution in [-0.2, 0) is 22.8 Å². The van der Waals surface area contributed by atoms with E-state index in [-0.39, 0.29) is 24.0 Å². The van der Waals surface area contributed by atoms with E-state index in [9.17, 15) is 8.42 Å². The van der Waals surface area contributed by atoms with Gasteiger partial charge in [0.15, 0.2) is 15.8 Å². The maximum absolute atomic E-state index is 11.7. The molecule has 2 aromatic rings. The summed E-state index contributed by atoms with van der Waals surface area (Å²) in [7, 11) is -1.52. The van der Waals surface area contributed by atoms with Gasteiger partial charge in [-0.3, -0.25) is 4.99 Å². The van der Waals surface area contributed by atoms with E-state index < -0.39 is 9.84 Å². The molecule has 28 heavy (non-hydrogen) atoms. The van der Waals surface area contributed by atoms with Gasteiger partial charge in [0.25, 0.3) is 0 Å². The zero-order valence-corrected chi connectivity index (χ0v) is 20.6. The van der Waals surface area contributed by atoms with Gasteiger partial charge in [-0.1, -0.05) is 41.4 Å². The van der Waals surface area contributed by atoms with Crippen LogP contribution < -0.4 is 10.6 Å². The summed E-state index contributed by atoms with van der Waals surface area (Å²) >= 11 is 12.4. The number of rotatable bonds is 6. The molecule has 0 aliphatic heterocycles. The summed E-state index contributed by atoms with van der Waals surface area (Å²) in [4.78, 5) is 4.54. The van der Waals surface area contributed by atoms with E-state index in [4.69, 9.17) is 23.2 Å². The van der Waals surface area contributed by atoms with Crippen molar-refractivity contribution in [2.24, 2.45) is 4.99 Å². The number of aryl methyl sites for hydroxylation is 1. The Balaban J connectivity index is 0.00000392. The quantitative estimate of drug-likeness (QED) is 0.318. The maximum atomic E-state index is 11.7. The van der Waals surface area contributed by atoms with Crippen molar-refractivity contribution in [3.63, 3.8) is 0 Å². The van der Waals surface area contributed by atoms with Gasteiger partial charge in [0, 0.05) is 36.4 Å². The molecule has 0 unspecified atom stereocenters. The molecule has 0 bridgehead atoms. The van der Waals surface area contributed by atoms with E-state index in [1.54, 1.807) is 26.1 Å². The summed E-state index contributed by atoms with van der Waals surface area (Å²) in [6.07, 6.45) is 1.88. The number of hydrogen-bond donors (Lipinski definition) is 2. The molecule has 0 spiro atoms. The predicted octanol–water partition coefficient (Wildman–Crippen LogP) is 4.23. The van der Waals surface area contributed by atoms with Crippen molar-refractivity contribution < 1.29 is 8.42 Å². The van der Waals surface area contributed by atoms with Crippen LogP contribution >= 0.6 is 47.2 Å². The Hall–Kier alpha value is -1.03. The van der Waals surface area contributed by atoms with Crippen LogP contribution in [0, 0.1) is 6.92 Å². The molecule has 0 heterocycles. The first-order valence-electron chi connectivity index (χ1n) is 8.39. The maximum Gasteiger partial charge on any atom is 0.191 e. The molecule has 0 aliphatic rings. The zero-order chi connectivity index (χ0) is 20.0. The van der Waals surface area contributed by atoms with Crippen molar-refractivity contribution in [1.82, 2.24) is 10.6 Å². The van der Waals surface area contributed by atoms with Crippen molar-refractivity contribution in [2.45, 2.75) is 24.8 Å². The number of halogens is 3. The first-order chi connectivity index (χ1) is 12.7. The second kappa shape index (κ2) is 11.2. The van der Waals surface area contributed by atoms with Gasteiger partial charge in [-0.15, -0.1) is 24.0 Å². The van der Waals surface area contributed by atoms with Gasteiger partial charge < -0.3 is 10.6 Å². The average molecular weight is 556 g/mol. The Morgan fingerprint density at radius 1 is 1.11 bits per heavy atom. The second-order valence-corrected chi connectivity index (χ2v) is 8.97. The van der Waals surface area contributed by atoms with Crippen LogP contribution in [0.1, 0.15) is 16.7 Å². The fourth-order valence-corrected chi connectivity index (χ4v) is 4.27. The Kier molecular flexibility index (Phi) is 10.0. The fourth-order valence-electron chi connectivity index (χ4n) is 2.72. The van der Waals surface area contributed by atoms with Gasteiger partial charge in [-0.05, 0) is 48.2 Å². The topological polar surface area (TPSA) is 70.6 Å². The zero-order valence-electron chi connectivity index (χ0n) is 15.9. The molecule has 0 amide bonds. The number of aliphatic imine (C=N–C) groups is 1. The molecular weight excluding hydrogens is 532 g/mol. The Labute approximate surface area is 193 Å². The van der Waals surface area contributed by atoms with Crippen LogP contribution in [0.25, 0.3) is 0 Å². The number of guanidine groups is 1. The lowest BCUT2D eigenvalue weighted by atomic mass is 10.1. The first-order valence-corrected chi connectivity index (χ1v) is 11.0. The predicted molar refractivity (Wildman–Crippen MR) is 128 cm³/mol. The lowest BCUT2D eigenvalue weighted by molar-refractivity contribution is 0.601. The Morgan fingerprint density at radius 2 is 1.75 bits per heavy atom. The van der Waals surface area contributed by atoms with E-state index in [2.05, 4.69) is 15.6 Å². The van der Waals surface area contributed by atoms with Crippen molar-refractivity contribution in [1.29, 1.82) is 0 Å². The minimum Gasteiger partial charge on any atom is -0.356 e. The van der Waals surface area contributed by atoms with Gasteiger partial charge in [0.05, 0.1) is 4.90 Å². The van der Waals surface area contributed by atoms with E-state index in [1.165, 1.54) is 6.26 Å². The molecule has 2 rings (SSSR count). The summed E-state index contributed by atoms with van der Waals surface area (Å²) in [6, 6.07) is 10.8. The van der Waals surface area contributed by atoms with Crippen LogP contribution in [0.3, 0.4) is 0 Å². The van der Waals surface area contributed by atoms with Crippen molar-refractivity contribution in [3.8, 4) is 0 Å². The SMILES string of the molecule is CN=C(NCCc1c(Cl)cccc1Cl)NCc1ccc(S(C)(=O)=O)c(C)c1.I. The summed E-state index contributed by atoms with van der Waals surface area (Å²) in [5, 5.41) is 7.72. The molecule has 9 heteroatoms. The highest BCUT2D eigenvalue weighted by Gasteiger charge is 2.11. The molecule has 0 aromatic heterocycles. The largest absolute Gasteiger partial charge is 0.356 e. The molecule has 0 atom stereocenters. The Bertz CT molecular complexity index is 930. The number of nitrogens with one attached hydrogen (secondary N) is 2. The highest BCUT2D eigenvalue weighted by Crippen LogP contribution is 2.24. The normalized spacial score (nSPS) is 11.7. The molecule has 0 saturated carbocycles. The van der Waals surface area contributed by atoms with E-state index in [0.29, 0.717) is 40.4 Å². The third kappa shape index (κ3) is 7.09. The van der Waals surface area contributed by atoms with Crippen molar-refractivity contribution >= 4 is 63.0 Å².